The molecule has 0 atom stereocenters. The molecule has 0 saturated heterocycles. The predicted octanol–water partition coefficient (Wildman–Crippen LogP) is 11.8. The Balaban J connectivity index is 1.56. The van der Waals surface area contributed by atoms with E-state index >= 15 is 0 Å². The molecule has 0 bridgehead atoms. The summed E-state index contributed by atoms with van der Waals surface area (Å²) in [5.74, 6) is 0. The van der Waals surface area contributed by atoms with Crippen LogP contribution in [-0.2, 0) is 0 Å². The average molecular weight is 541 g/mol. The standard InChI is InChI=1S/C42H28/c1-4-14-29(15-5-1)39-27-32-24-25-33(26-34(32)28-40(39)30-16-6-2-7-17-30)42-37-22-12-10-20-35(37)41(31-18-8-3-9-19-31)36-21-11-13-23-38(36)42/h1-28H/i10D,11D,12D,13D,20D,21D,22D,23D. The minimum Gasteiger partial charge on any atom is -0.0622 e. The van der Waals surface area contributed by atoms with Crippen molar-refractivity contribution < 1.29 is 11.0 Å². The van der Waals surface area contributed by atoms with Gasteiger partial charge in [0.15, 0.2) is 0 Å². The summed E-state index contributed by atoms with van der Waals surface area (Å²) < 4.78 is 71.4. The molecule has 8 aromatic rings. The monoisotopic (exact) mass is 540 g/mol. The second kappa shape index (κ2) is 10.2. The summed E-state index contributed by atoms with van der Waals surface area (Å²) in [6, 6.07) is 36.6. The van der Waals surface area contributed by atoms with Crippen LogP contribution in [0.2, 0.25) is 0 Å². The molecule has 8 aromatic carbocycles. The van der Waals surface area contributed by atoms with E-state index in [2.05, 4.69) is 36.4 Å². The van der Waals surface area contributed by atoms with Crippen molar-refractivity contribution in [3.63, 3.8) is 0 Å². The van der Waals surface area contributed by atoms with E-state index in [-0.39, 0.29) is 45.7 Å². The van der Waals surface area contributed by atoms with Gasteiger partial charge in [-0.25, -0.2) is 0 Å². The van der Waals surface area contributed by atoms with E-state index < -0.39 is 24.2 Å². The topological polar surface area (TPSA) is 0 Å². The van der Waals surface area contributed by atoms with Crippen LogP contribution in [-0.4, -0.2) is 0 Å². The second-order valence-electron chi connectivity index (χ2n) is 10.3. The van der Waals surface area contributed by atoms with Gasteiger partial charge < -0.3 is 0 Å². The van der Waals surface area contributed by atoms with Gasteiger partial charge in [0, 0.05) is 0 Å². The van der Waals surface area contributed by atoms with Crippen molar-refractivity contribution in [1.82, 2.24) is 0 Å². The van der Waals surface area contributed by atoms with Gasteiger partial charge in [0.25, 0.3) is 0 Å². The van der Waals surface area contributed by atoms with Crippen LogP contribution in [0.4, 0.5) is 0 Å². The van der Waals surface area contributed by atoms with E-state index in [1.165, 1.54) is 0 Å². The zero-order valence-electron chi connectivity index (χ0n) is 30.5. The van der Waals surface area contributed by atoms with Crippen molar-refractivity contribution in [3.05, 3.63) is 170 Å². The molecule has 8 rings (SSSR count). The molecule has 0 saturated carbocycles. The highest BCUT2D eigenvalue weighted by molar-refractivity contribution is 6.21. The minimum atomic E-state index is -0.414. The molecule has 196 valence electrons. The van der Waals surface area contributed by atoms with Gasteiger partial charge in [0.1, 0.15) is 0 Å². The highest BCUT2D eigenvalue weighted by Crippen LogP contribution is 2.44. The Labute approximate surface area is 257 Å². The fraction of sp³-hybridized carbons (Fsp3) is 0. The first-order valence-electron chi connectivity index (χ1n) is 17.9. The van der Waals surface area contributed by atoms with Crippen molar-refractivity contribution in [2.75, 3.05) is 0 Å². The summed E-state index contributed by atoms with van der Waals surface area (Å²) in [5, 5.41) is 2.65. The highest BCUT2D eigenvalue weighted by Gasteiger charge is 2.17. The smallest absolute Gasteiger partial charge is 0.0622 e. The van der Waals surface area contributed by atoms with Crippen LogP contribution < -0.4 is 0 Å². The largest absolute Gasteiger partial charge is 0.0629 e. The summed E-state index contributed by atoms with van der Waals surface area (Å²) in [4.78, 5) is 0. The normalized spacial score (nSPS) is 14.0. The van der Waals surface area contributed by atoms with Gasteiger partial charge >= 0.3 is 0 Å². The fourth-order valence-corrected chi connectivity index (χ4v) is 5.97. The quantitative estimate of drug-likeness (QED) is 0.195. The molecule has 0 heteroatoms. The molecule has 42 heavy (non-hydrogen) atoms. The first-order valence-corrected chi connectivity index (χ1v) is 13.9. The van der Waals surface area contributed by atoms with Crippen molar-refractivity contribution >= 4 is 32.3 Å². The maximum atomic E-state index is 9.22. The molecule has 0 nitrogen and oxygen atoms in total. The second-order valence-corrected chi connectivity index (χ2v) is 10.3. The molecule has 0 aromatic heterocycles. The number of hydrogen-bond donors (Lipinski definition) is 0. The van der Waals surface area contributed by atoms with Crippen molar-refractivity contribution in [2.45, 2.75) is 0 Å². The molecule has 0 spiro atoms. The Hall–Kier alpha value is -5.46. The van der Waals surface area contributed by atoms with Crippen LogP contribution in [0.3, 0.4) is 0 Å². The first kappa shape index (κ1) is 17.4. The van der Waals surface area contributed by atoms with Crippen LogP contribution in [0.5, 0.6) is 0 Å². The molecular formula is C42H28. The first-order chi connectivity index (χ1) is 24.2. The molecule has 0 radical (unpaired) electrons. The van der Waals surface area contributed by atoms with Crippen molar-refractivity contribution in [2.24, 2.45) is 0 Å². The molecule has 0 heterocycles. The minimum absolute atomic E-state index is 0.205. The third-order valence-corrected chi connectivity index (χ3v) is 7.87. The molecule has 0 fully saturated rings. The molecule has 0 aliphatic heterocycles. The van der Waals surface area contributed by atoms with E-state index in [0.717, 1.165) is 33.0 Å². The lowest BCUT2D eigenvalue weighted by atomic mass is 9.85. The fourth-order valence-electron chi connectivity index (χ4n) is 5.97. The molecule has 0 aliphatic rings. The zero-order valence-corrected chi connectivity index (χ0v) is 22.5. The van der Waals surface area contributed by atoms with Gasteiger partial charge in [0.05, 0.1) is 11.0 Å². The van der Waals surface area contributed by atoms with E-state index in [1.54, 1.807) is 24.3 Å². The van der Waals surface area contributed by atoms with Gasteiger partial charge in [-0.05, 0) is 95.0 Å². The summed E-state index contributed by atoms with van der Waals surface area (Å²) in [6.07, 6.45) is 0. The third kappa shape index (κ3) is 4.08. The van der Waals surface area contributed by atoms with E-state index in [0.29, 0.717) is 22.3 Å². The Morgan fingerprint density at radius 3 is 1.21 bits per heavy atom. The lowest BCUT2D eigenvalue weighted by Gasteiger charge is -2.18. The lowest BCUT2D eigenvalue weighted by molar-refractivity contribution is 1.60. The van der Waals surface area contributed by atoms with Crippen molar-refractivity contribution in [1.29, 1.82) is 0 Å². The number of fused-ring (bicyclic) bond motifs is 3. The maximum Gasteiger partial charge on any atom is 0.0629 e. The molecule has 0 unspecified atom stereocenters. The van der Waals surface area contributed by atoms with Gasteiger partial charge in [-0.15, -0.1) is 0 Å². The zero-order chi connectivity index (χ0) is 34.8. The van der Waals surface area contributed by atoms with Crippen LogP contribution in [0.15, 0.2) is 170 Å². The molecular weight excluding hydrogens is 504 g/mol. The van der Waals surface area contributed by atoms with Gasteiger partial charge in [-0.3, -0.25) is 0 Å². The predicted molar refractivity (Wildman–Crippen MR) is 181 cm³/mol. The van der Waals surface area contributed by atoms with Gasteiger partial charge in [0.2, 0.25) is 0 Å². The summed E-state index contributed by atoms with van der Waals surface area (Å²) in [6.45, 7) is 0. The summed E-state index contributed by atoms with van der Waals surface area (Å²) >= 11 is 0. The third-order valence-electron chi connectivity index (χ3n) is 7.87. The number of rotatable bonds is 4. The van der Waals surface area contributed by atoms with E-state index in [1.807, 2.05) is 60.7 Å². The van der Waals surface area contributed by atoms with E-state index in [4.69, 9.17) is 8.22 Å². The molecule has 0 N–H and O–H groups in total. The summed E-state index contributed by atoms with van der Waals surface area (Å²) in [7, 11) is 0. The highest BCUT2D eigenvalue weighted by atomic mass is 14.2. The number of benzene rings is 8. The molecule has 0 amide bonds. The van der Waals surface area contributed by atoms with Gasteiger partial charge in [-0.1, -0.05) is 151 Å². The molecule has 0 aliphatic carbocycles. The van der Waals surface area contributed by atoms with E-state index in [9.17, 15) is 2.74 Å². The van der Waals surface area contributed by atoms with Crippen LogP contribution in [0, 0.1) is 0 Å². The Bertz CT molecular complexity index is 2570. The van der Waals surface area contributed by atoms with Crippen LogP contribution in [0.1, 0.15) is 11.0 Å². The lowest BCUT2D eigenvalue weighted by Crippen LogP contribution is -1.91. The number of hydrogen-bond acceptors (Lipinski definition) is 0. The van der Waals surface area contributed by atoms with Crippen LogP contribution >= 0.6 is 0 Å². The Morgan fingerprint density at radius 2 is 0.738 bits per heavy atom. The summed E-state index contributed by atoms with van der Waals surface area (Å²) in [5.41, 5.74) is 6.02. The average Bonchev–Trinajstić information content (AvgIpc) is 3.16. The maximum absolute atomic E-state index is 9.22. The van der Waals surface area contributed by atoms with Crippen molar-refractivity contribution in [3.8, 4) is 44.5 Å². The Kier molecular flexibility index (Phi) is 4.21. The SMILES string of the molecule is [2H]c1c([2H])c([2H])c2c(-c3ccc4cc(-c5ccccc5)c(-c5ccccc5)cc4c3)c3c([2H])c([2H])c([2H])c([2H])c3c(-c3ccccc3)c2c1[2H]. The van der Waals surface area contributed by atoms with Crippen LogP contribution in [0.25, 0.3) is 76.8 Å². The Morgan fingerprint density at radius 1 is 0.333 bits per heavy atom. The van der Waals surface area contributed by atoms with Gasteiger partial charge in [-0.2, -0.15) is 0 Å².